The third-order valence-corrected chi connectivity index (χ3v) is 1.73. The average Bonchev–Trinajstić information content (AvgIpc) is 2.59. The molecule has 0 radical (unpaired) electrons. The Hall–Kier alpha value is -2.17. The first-order chi connectivity index (χ1) is 7.65. The van der Waals surface area contributed by atoms with E-state index < -0.39 is 17.5 Å². The molecule has 0 spiro atoms. The predicted octanol–water partition coefficient (Wildman–Crippen LogP) is 2.02. The molecule has 0 aliphatic heterocycles. The van der Waals surface area contributed by atoms with Gasteiger partial charge in [0.25, 0.3) is 0 Å². The average molecular weight is 222 g/mol. The summed E-state index contributed by atoms with van der Waals surface area (Å²) in [7, 11) is 0. The fourth-order valence-corrected chi connectivity index (χ4v) is 1.02. The Morgan fingerprint density at radius 2 is 2.31 bits per heavy atom. The molecule has 84 valence electrons. The molecule has 0 saturated carbocycles. The molecular formula is C11H11FN2O2. The van der Waals surface area contributed by atoms with Crippen LogP contribution in [0.3, 0.4) is 0 Å². The van der Waals surface area contributed by atoms with E-state index in [1.54, 1.807) is 30.4 Å². The van der Waals surface area contributed by atoms with Crippen molar-refractivity contribution in [2.45, 2.75) is 6.54 Å². The number of aromatic carboxylic acids is 1. The van der Waals surface area contributed by atoms with E-state index in [1.807, 2.05) is 0 Å². The smallest absolute Gasteiger partial charge is 0.342 e. The Labute approximate surface area is 92.0 Å². The summed E-state index contributed by atoms with van der Waals surface area (Å²) in [5, 5.41) is 12.0. The van der Waals surface area contributed by atoms with Crippen molar-refractivity contribution in [2.75, 3.05) is 0 Å². The first-order valence-corrected chi connectivity index (χ1v) is 4.55. The van der Waals surface area contributed by atoms with Gasteiger partial charge in [-0.3, -0.25) is 4.68 Å². The third kappa shape index (κ3) is 3.20. The van der Waals surface area contributed by atoms with Gasteiger partial charge in [-0.25, -0.2) is 4.79 Å². The molecule has 1 rings (SSSR count). The number of hydrogen-bond acceptors (Lipinski definition) is 2. The molecule has 0 amide bonds. The van der Waals surface area contributed by atoms with Gasteiger partial charge in [-0.05, 0) is 0 Å². The molecule has 16 heavy (non-hydrogen) atoms. The number of rotatable bonds is 5. The summed E-state index contributed by atoms with van der Waals surface area (Å²) in [6.07, 6.45) is 9.73. The summed E-state index contributed by atoms with van der Waals surface area (Å²) in [6.45, 7) is 3.81. The molecule has 5 heteroatoms. The third-order valence-electron chi connectivity index (χ3n) is 1.73. The Kier molecular flexibility index (Phi) is 4.20. The van der Waals surface area contributed by atoms with Crippen molar-refractivity contribution in [3.05, 3.63) is 54.7 Å². The SMILES string of the molecule is C=C/C=C\C=C/Cn1cc(C(=O)O)c(F)n1. The van der Waals surface area contributed by atoms with Crippen LogP contribution in [0.2, 0.25) is 0 Å². The Bertz CT molecular complexity index is 447. The number of aromatic nitrogens is 2. The second-order valence-corrected chi connectivity index (χ2v) is 2.91. The predicted molar refractivity (Wildman–Crippen MR) is 57.6 cm³/mol. The summed E-state index contributed by atoms with van der Waals surface area (Å²) < 4.78 is 14.1. The van der Waals surface area contributed by atoms with Crippen molar-refractivity contribution >= 4 is 5.97 Å². The quantitative estimate of drug-likeness (QED) is 0.775. The van der Waals surface area contributed by atoms with Crippen molar-refractivity contribution in [3.8, 4) is 0 Å². The van der Waals surface area contributed by atoms with Crippen LogP contribution in [0.15, 0.2) is 43.2 Å². The molecule has 1 heterocycles. The van der Waals surface area contributed by atoms with Crippen LogP contribution in [0, 0.1) is 5.95 Å². The minimum atomic E-state index is -1.32. The monoisotopic (exact) mass is 222 g/mol. The number of carboxylic acids is 1. The maximum atomic E-state index is 12.9. The van der Waals surface area contributed by atoms with E-state index in [1.165, 1.54) is 4.68 Å². The number of carboxylic acid groups (broad SMARTS) is 1. The molecular weight excluding hydrogens is 211 g/mol. The van der Waals surface area contributed by atoms with Gasteiger partial charge in [0.1, 0.15) is 5.56 Å². The lowest BCUT2D eigenvalue weighted by molar-refractivity contribution is 0.0692. The van der Waals surface area contributed by atoms with Crippen LogP contribution in [0.1, 0.15) is 10.4 Å². The summed E-state index contributed by atoms with van der Waals surface area (Å²) in [6, 6.07) is 0. The molecule has 0 fully saturated rings. The van der Waals surface area contributed by atoms with Crippen LogP contribution < -0.4 is 0 Å². The Morgan fingerprint density at radius 3 is 2.88 bits per heavy atom. The van der Waals surface area contributed by atoms with E-state index in [0.29, 0.717) is 6.54 Å². The Morgan fingerprint density at radius 1 is 1.56 bits per heavy atom. The maximum absolute atomic E-state index is 12.9. The van der Waals surface area contributed by atoms with Crippen molar-refractivity contribution in [1.82, 2.24) is 9.78 Å². The van der Waals surface area contributed by atoms with E-state index in [0.717, 1.165) is 6.20 Å². The second-order valence-electron chi connectivity index (χ2n) is 2.91. The number of nitrogens with zero attached hydrogens (tertiary/aromatic N) is 2. The highest BCUT2D eigenvalue weighted by molar-refractivity contribution is 5.87. The minimum Gasteiger partial charge on any atom is -0.477 e. The molecule has 0 unspecified atom stereocenters. The van der Waals surface area contributed by atoms with Gasteiger partial charge in [-0.15, -0.1) is 5.10 Å². The van der Waals surface area contributed by atoms with Crippen molar-refractivity contribution in [2.24, 2.45) is 0 Å². The van der Waals surface area contributed by atoms with Crippen LogP contribution in [-0.4, -0.2) is 20.9 Å². The zero-order chi connectivity index (χ0) is 12.0. The fourth-order valence-electron chi connectivity index (χ4n) is 1.02. The highest BCUT2D eigenvalue weighted by Gasteiger charge is 2.14. The molecule has 1 aromatic rings. The Balaban J connectivity index is 2.65. The van der Waals surface area contributed by atoms with Gasteiger partial charge in [0.05, 0.1) is 6.54 Å². The summed E-state index contributed by atoms with van der Waals surface area (Å²) in [5.41, 5.74) is -0.421. The van der Waals surface area contributed by atoms with E-state index in [2.05, 4.69) is 11.7 Å². The van der Waals surface area contributed by atoms with Gasteiger partial charge < -0.3 is 5.11 Å². The normalized spacial score (nSPS) is 11.3. The lowest BCUT2D eigenvalue weighted by Gasteiger charge is -1.91. The van der Waals surface area contributed by atoms with Crippen LogP contribution in [0.25, 0.3) is 0 Å². The van der Waals surface area contributed by atoms with E-state index in [4.69, 9.17) is 5.11 Å². The molecule has 1 N–H and O–H groups in total. The van der Waals surface area contributed by atoms with Crippen LogP contribution in [-0.2, 0) is 6.54 Å². The minimum absolute atomic E-state index is 0.311. The number of carbonyl (C=O) groups is 1. The van der Waals surface area contributed by atoms with E-state index in [9.17, 15) is 9.18 Å². The van der Waals surface area contributed by atoms with Crippen LogP contribution >= 0.6 is 0 Å². The summed E-state index contributed by atoms with van der Waals surface area (Å²) >= 11 is 0. The van der Waals surface area contributed by atoms with Gasteiger partial charge in [0.15, 0.2) is 0 Å². The zero-order valence-electron chi connectivity index (χ0n) is 8.51. The number of halogens is 1. The molecule has 0 aromatic carbocycles. The fraction of sp³-hybridized carbons (Fsp3) is 0.0909. The van der Waals surface area contributed by atoms with Gasteiger partial charge in [-0.1, -0.05) is 37.0 Å². The van der Waals surface area contributed by atoms with Gasteiger partial charge in [0, 0.05) is 6.20 Å². The molecule has 0 saturated heterocycles. The largest absolute Gasteiger partial charge is 0.477 e. The molecule has 0 aliphatic carbocycles. The van der Waals surface area contributed by atoms with Crippen LogP contribution in [0.4, 0.5) is 4.39 Å². The van der Waals surface area contributed by atoms with Crippen molar-refractivity contribution in [1.29, 1.82) is 0 Å². The summed E-state index contributed by atoms with van der Waals surface area (Å²) in [5.74, 6) is -2.29. The van der Waals surface area contributed by atoms with Crippen molar-refractivity contribution in [3.63, 3.8) is 0 Å². The van der Waals surface area contributed by atoms with Gasteiger partial charge >= 0.3 is 5.97 Å². The number of allylic oxidation sites excluding steroid dienone is 5. The molecule has 0 atom stereocenters. The highest BCUT2D eigenvalue weighted by atomic mass is 19.1. The standard InChI is InChI=1S/C11H11FN2O2/c1-2-3-4-5-6-7-14-8-9(11(15)16)10(12)13-14/h2-6,8H,1,7H2,(H,15,16)/b4-3-,6-5-. The van der Waals surface area contributed by atoms with Gasteiger partial charge in [-0.2, -0.15) is 4.39 Å². The molecule has 0 aliphatic rings. The molecule has 4 nitrogen and oxygen atoms in total. The molecule has 0 bridgehead atoms. The zero-order valence-corrected chi connectivity index (χ0v) is 8.51. The first-order valence-electron chi connectivity index (χ1n) is 4.55. The second kappa shape index (κ2) is 5.65. The van der Waals surface area contributed by atoms with Crippen LogP contribution in [0.5, 0.6) is 0 Å². The number of hydrogen-bond donors (Lipinski definition) is 1. The van der Waals surface area contributed by atoms with Gasteiger partial charge in [0.2, 0.25) is 5.95 Å². The van der Waals surface area contributed by atoms with E-state index >= 15 is 0 Å². The maximum Gasteiger partial charge on any atom is 0.342 e. The first kappa shape index (κ1) is 11.9. The lowest BCUT2D eigenvalue weighted by atomic mass is 10.4. The topological polar surface area (TPSA) is 55.1 Å². The molecule has 1 aromatic heterocycles. The lowest BCUT2D eigenvalue weighted by Crippen LogP contribution is -1.96. The summed E-state index contributed by atoms with van der Waals surface area (Å²) in [4.78, 5) is 10.5. The van der Waals surface area contributed by atoms with E-state index in [-0.39, 0.29) is 0 Å². The van der Waals surface area contributed by atoms with Crippen molar-refractivity contribution < 1.29 is 14.3 Å². The highest BCUT2D eigenvalue weighted by Crippen LogP contribution is 2.04.